The first kappa shape index (κ1) is 24.6. The molecular weight excluding hydrogens is 414 g/mol. The Bertz CT molecular complexity index is 1010. The summed E-state index contributed by atoms with van der Waals surface area (Å²) >= 11 is 0. The van der Waals surface area contributed by atoms with Crippen molar-refractivity contribution in [2.45, 2.75) is 64.2 Å². The lowest BCUT2D eigenvalue weighted by Crippen LogP contribution is -2.40. The van der Waals surface area contributed by atoms with E-state index in [1.165, 1.54) is 12.0 Å². The van der Waals surface area contributed by atoms with Gasteiger partial charge < -0.3 is 9.84 Å². The lowest BCUT2D eigenvalue weighted by atomic mass is 9.76. The summed E-state index contributed by atoms with van der Waals surface area (Å²) in [5, 5.41) is 9.77. The predicted molar refractivity (Wildman–Crippen MR) is 133 cm³/mol. The van der Waals surface area contributed by atoms with Crippen LogP contribution in [0.3, 0.4) is 0 Å². The van der Waals surface area contributed by atoms with Crippen LogP contribution in [0.15, 0.2) is 48.5 Å². The fourth-order valence-electron chi connectivity index (χ4n) is 4.48. The minimum atomic E-state index is -0.896. The molecule has 0 aromatic heterocycles. The van der Waals surface area contributed by atoms with Crippen LogP contribution in [0.5, 0.6) is 0 Å². The van der Waals surface area contributed by atoms with Gasteiger partial charge in [0.2, 0.25) is 0 Å². The highest BCUT2D eigenvalue weighted by Gasteiger charge is 2.34. The number of carboxylic acid groups (broad SMARTS) is 1. The largest absolute Gasteiger partial charge is 0.465 e. The molecule has 1 aliphatic heterocycles. The fourth-order valence-corrected chi connectivity index (χ4v) is 4.48. The number of esters is 1. The normalized spacial score (nSPS) is 15.8. The van der Waals surface area contributed by atoms with Gasteiger partial charge in [-0.1, -0.05) is 76.5 Å². The number of carbonyl (C=O) groups is 2. The Morgan fingerprint density at radius 3 is 2.52 bits per heavy atom. The Balaban J connectivity index is 1.92. The molecule has 0 aliphatic carbocycles. The molecule has 2 aromatic carbocycles. The molecule has 0 saturated heterocycles. The monoisotopic (exact) mass is 449 g/mol. The third-order valence-electron chi connectivity index (χ3n) is 6.63. The number of anilines is 1. The summed E-state index contributed by atoms with van der Waals surface area (Å²) in [5.74, 6) is -0.161. The van der Waals surface area contributed by atoms with Gasteiger partial charge in [-0.15, -0.1) is 0 Å². The zero-order chi connectivity index (χ0) is 24.0. The maximum atomic E-state index is 11.9. The molecule has 1 N–H and O–H groups in total. The second-order valence-corrected chi connectivity index (χ2v) is 9.42. The predicted octanol–water partition coefficient (Wildman–Crippen LogP) is 7.02. The van der Waals surface area contributed by atoms with E-state index in [9.17, 15) is 14.7 Å². The van der Waals surface area contributed by atoms with Gasteiger partial charge >= 0.3 is 12.1 Å². The SMILES string of the molecule is CCCCCC(C=Cc1ccc(C(=O)OC)cc1)c1ccc2c(c1)N(C(=O)O)CCC2(C)C. The number of methoxy groups -OCH3 is 1. The Morgan fingerprint density at radius 2 is 1.88 bits per heavy atom. The first-order valence-corrected chi connectivity index (χ1v) is 11.8. The number of allylic oxidation sites excluding steroid dienone is 1. The highest BCUT2D eigenvalue weighted by Crippen LogP contribution is 2.41. The van der Waals surface area contributed by atoms with Crippen molar-refractivity contribution >= 4 is 23.8 Å². The van der Waals surface area contributed by atoms with Crippen LogP contribution in [0.2, 0.25) is 0 Å². The van der Waals surface area contributed by atoms with Crippen LogP contribution in [-0.2, 0) is 10.2 Å². The molecule has 0 saturated carbocycles. The number of carbonyl (C=O) groups excluding carboxylic acids is 1. The Morgan fingerprint density at radius 1 is 1.15 bits per heavy atom. The fraction of sp³-hybridized carbons (Fsp3) is 0.429. The van der Waals surface area contributed by atoms with Crippen LogP contribution < -0.4 is 4.90 Å². The number of fused-ring (bicyclic) bond motifs is 1. The van der Waals surface area contributed by atoms with E-state index in [-0.39, 0.29) is 17.3 Å². The van der Waals surface area contributed by atoms with E-state index in [1.54, 1.807) is 12.1 Å². The minimum Gasteiger partial charge on any atom is -0.465 e. The highest BCUT2D eigenvalue weighted by molar-refractivity contribution is 5.89. The molecule has 5 heteroatoms. The molecule has 0 bridgehead atoms. The molecule has 3 rings (SSSR count). The highest BCUT2D eigenvalue weighted by atomic mass is 16.5. The third-order valence-corrected chi connectivity index (χ3v) is 6.63. The standard InChI is InChI=1S/C28H35NO4/c1-5-6-7-8-21(12-9-20-10-13-22(14-11-20)26(30)33-4)23-15-16-24-25(19-23)29(27(31)32)18-17-28(24,2)3/h9-16,19,21H,5-8,17-18H2,1-4H3,(H,31,32). The number of hydrogen-bond donors (Lipinski definition) is 1. The van der Waals surface area contributed by atoms with Crippen LogP contribution in [0.1, 0.15) is 85.8 Å². The summed E-state index contributed by atoms with van der Waals surface area (Å²) in [7, 11) is 1.38. The quantitative estimate of drug-likeness (QED) is 0.347. The maximum Gasteiger partial charge on any atom is 0.411 e. The summed E-state index contributed by atoms with van der Waals surface area (Å²) in [6.45, 7) is 7.07. The second kappa shape index (κ2) is 10.7. The van der Waals surface area contributed by atoms with Crippen molar-refractivity contribution in [3.63, 3.8) is 0 Å². The van der Waals surface area contributed by atoms with Crippen molar-refractivity contribution in [1.29, 1.82) is 0 Å². The summed E-state index contributed by atoms with van der Waals surface area (Å²) in [5.41, 5.74) is 4.53. The molecular formula is C28H35NO4. The van der Waals surface area contributed by atoms with Crippen molar-refractivity contribution in [3.8, 4) is 0 Å². The minimum absolute atomic E-state index is 0.0469. The molecule has 0 radical (unpaired) electrons. The number of unbranched alkanes of at least 4 members (excludes halogenated alkanes) is 2. The van der Waals surface area contributed by atoms with Crippen LogP contribution in [0.25, 0.3) is 6.08 Å². The van der Waals surface area contributed by atoms with Gasteiger partial charge in [-0.25, -0.2) is 9.59 Å². The van der Waals surface area contributed by atoms with Crippen molar-refractivity contribution in [1.82, 2.24) is 0 Å². The number of hydrogen-bond acceptors (Lipinski definition) is 3. The third kappa shape index (κ3) is 5.84. The molecule has 33 heavy (non-hydrogen) atoms. The van der Waals surface area contributed by atoms with Gasteiger partial charge in [-0.2, -0.15) is 0 Å². The average molecular weight is 450 g/mol. The first-order valence-electron chi connectivity index (χ1n) is 11.8. The topological polar surface area (TPSA) is 66.8 Å². The molecule has 1 amide bonds. The van der Waals surface area contributed by atoms with Gasteiger partial charge in [0.05, 0.1) is 18.4 Å². The average Bonchev–Trinajstić information content (AvgIpc) is 2.80. The molecule has 1 unspecified atom stereocenters. The van der Waals surface area contributed by atoms with E-state index in [2.05, 4.69) is 51.1 Å². The summed E-state index contributed by atoms with van der Waals surface area (Å²) in [6, 6.07) is 13.7. The van der Waals surface area contributed by atoms with E-state index in [0.717, 1.165) is 54.5 Å². The molecule has 1 atom stereocenters. The van der Waals surface area contributed by atoms with Gasteiger partial charge in [0.25, 0.3) is 0 Å². The van der Waals surface area contributed by atoms with E-state index >= 15 is 0 Å². The van der Waals surface area contributed by atoms with Crippen LogP contribution in [0, 0.1) is 0 Å². The van der Waals surface area contributed by atoms with E-state index in [4.69, 9.17) is 4.74 Å². The molecule has 176 valence electrons. The molecule has 0 fully saturated rings. The zero-order valence-corrected chi connectivity index (χ0v) is 20.1. The van der Waals surface area contributed by atoms with Crippen LogP contribution in [0.4, 0.5) is 10.5 Å². The number of nitrogens with zero attached hydrogens (tertiary/aromatic N) is 1. The summed E-state index contributed by atoms with van der Waals surface area (Å²) in [4.78, 5) is 25.1. The molecule has 1 heterocycles. The molecule has 1 aliphatic rings. The molecule has 2 aromatic rings. The Labute approximate surface area is 197 Å². The van der Waals surface area contributed by atoms with Crippen molar-refractivity contribution < 1.29 is 19.4 Å². The maximum absolute atomic E-state index is 11.9. The first-order chi connectivity index (χ1) is 15.8. The van der Waals surface area contributed by atoms with Crippen molar-refractivity contribution in [2.75, 3.05) is 18.6 Å². The van der Waals surface area contributed by atoms with E-state index in [0.29, 0.717) is 12.1 Å². The van der Waals surface area contributed by atoms with Gasteiger partial charge in [-0.3, -0.25) is 4.90 Å². The lowest BCUT2D eigenvalue weighted by molar-refractivity contribution is 0.0600. The number of benzene rings is 2. The van der Waals surface area contributed by atoms with Gasteiger partial charge in [-0.05, 0) is 53.1 Å². The van der Waals surface area contributed by atoms with Crippen molar-refractivity contribution in [3.05, 3.63) is 70.8 Å². The second-order valence-electron chi connectivity index (χ2n) is 9.42. The summed E-state index contributed by atoms with van der Waals surface area (Å²) in [6.07, 6.45) is 8.62. The van der Waals surface area contributed by atoms with Gasteiger partial charge in [0.15, 0.2) is 0 Å². The van der Waals surface area contributed by atoms with Crippen molar-refractivity contribution in [2.24, 2.45) is 0 Å². The van der Waals surface area contributed by atoms with Crippen LogP contribution in [-0.4, -0.2) is 30.8 Å². The van der Waals surface area contributed by atoms with Crippen LogP contribution >= 0.6 is 0 Å². The summed E-state index contributed by atoms with van der Waals surface area (Å²) < 4.78 is 4.77. The number of rotatable bonds is 8. The lowest BCUT2D eigenvalue weighted by Gasteiger charge is -2.38. The Kier molecular flexibility index (Phi) is 7.96. The number of amides is 1. The Hall–Kier alpha value is -3.08. The van der Waals surface area contributed by atoms with Gasteiger partial charge in [0, 0.05) is 12.5 Å². The number of ether oxygens (including phenoxy) is 1. The van der Waals surface area contributed by atoms with E-state index < -0.39 is 6.09 Å². The van der Waals surface area contributed by atoms with Gasteiger partial charge in [0.1, 0.15) is 0 Å². The smallest absolute Gasteiger partial charge is 0.411 e. The van der Waals surface area contributed by atoms with E-state index in [1.807, 2.05) is 12.1 Å². The zero-order valence-electron chi connectivity index (χ0n) is 20.1. The molecule has 0 spiro atoms. The molecule has 5 nitrogen and oxygen atoms in total.